The molecule has 0 spiro atoms. The van der Waals surface area contributed by atoms with Crippen molar-refractivity contribution >= 4 is 21.7 Å². The number of hydrogen-bond donors (Lipinski definition) is 2. The van der Waals surface area contributed by atoms with E-state index in [0.717, 1.165) is 29.6 Å². The molecule has 1 aliphatic carbocycles. The lowest BCUT2D eigenvalue weighted by Gasteiger charge is -2.13. The zero-order valence-electron chi connectivity index (χ0n) is 7.78. The Morgan fingerprint density at radius 1 is 1.50 bits per heavy atom. The van der Waals surface area contributed by atoms with E-state index in [0.29, 0.717) is 6.04 Å². The van der Waals surface area contributed by atoms with E-state index in [1.807, 2.05) is 12.1 Å². The molecule has 0 bridgehead atoms. The lowest BCUT2D eigenvalue weighted by molar-refractivity contribution is 0.182. The maximum Gasteiger partial charge on any atom is 0.140 e. The van der Waals surface area contributed by atoms with E-state index in [4.69, 9.17) is 0 Å². The summed E-state index contributed by atoms with van der Waals surface area (Å²) >= 11 is 3.43. The van der Waals surface area contributed by atoms with Gasteiger partial charge in [-0.05, 0) is 47.3 Å². The van der Waals surface area contributed by atoms with Gasteiger partial charge in [-0.15, -0.1) is 0 Å². The van der Waals surface area contributed by atoms with Crippen molar-refractivity contribution in [2.75, 3.05) is 5.32 Å². The molecule has 3 nitrogen and oxygen atoms in total. The van der Waals surface area contributed by atoms with Gasteiger partial charge in [-0.3, -0.25) is 0 Å². The molecular formula is C10H13BrN2O. The van der Waals surface area contributed by atoms with Gasteiger partial charge in [-0.25, -0.2) is 4.98 Å². The fourth-order valence-corrected chi connectivity index (χ4v) is 2.14. The highest BCUT2D eigenvalue weighted by atomic mass is 79.9. The van der Waals surface area contributed by atoms with Gasteiger partial charge in [-0.2, -0.15) is 0 Å². The van der Waals surface area contributed by atoms with Crippen LogP contribution >= 0.6 is 15.9 Å². The number of anilines is 1. The Morgan fingerprint density at radius 2 is 2.36 bits per heavy atom. The maximum atomic E-state index is 9.37. The third-order valence-corrected chi connectivity index (χ3v) is 3.14. The molecule has 0 amide bonds. The Balaban J connectivity index is 2.01. The smallest absolute Gasteiger partial charge is 0.140 e. The monoisotopic (exact) mass is 256 g/mol. The first kappa shape index (κ1) is 9.93. The van der Waals surface area contributed by atoms with E-state index < -0.39 is 0 Å². The molecule has 14 heavy (non-hydrogen) atoms. The van der Waals surface area contributed by atoms with E-state index in [-0.39, 0.29) is 6.10 Å². The predicted octanol–water partition coefficient (Wildman–Crippen LogP) is 2.17. The van der Waals surface area contributed by atoms with Crippen LogP contribution in [-0.4, -0.2) is 22.2 Å². The average molecular weight is 257 g/mol. The highest BCUT2D eigenvalue weighted by Gasteiger charge is 2.23. The van der Waals surface area contributed by atoms with E-state index in [1.54, 1.807) is 6.20 Å². The summed E-state index contributed by atoms with van der Waals surface area (Å²) in [5.74, 6) is 0.867. The molecule has 0 radical (unpaired) electrons. The lowest BCUT2D eigenvalue weighted by Crippen LogP contribution is -2.17. The summed E-state index contributed by atoms with van der Waals surface area (Å²) in [5.41, 5.74) is 0. The fraction of sp³-hybridized carbons (Fsp3) is 0.500. The van der Waals surface area contributed by atoms with E-state index in [2.05, 4.69) is 26.2 Å². The Morgan fingerprint density at radius 3 is 3.00 bits per heavy atom. The SMILES string of the molecule is O[C@@H]1CC[C@H](Nc2ncccc2Br)C1. The summed E-state index contributed by atoms with van der Waals surface area (Å²) in [5, 5.41) is 12.7. The molecule has 1 heterocycles. The second kappa shape index (κ2) is 4.28. The third-order valence-electron chi connectivity index (χ3n) is 2.50. The zero-order valence-corrected chi connectivity index (χ0v) is 9.37. The molecule has 0 aliphatic heterocycles. The van der Waals surface area contributed by atoms with Crippen LogP contribution in [0.3, 0.4) is 0 Å². The lowest BCUT2D eigenvalue weighted by atomic mass is 10.2. The first-order valence-electron chi connectivity index (χ1n) is 4.81. The van der Waals surface area contributed by atoms with Crippen LogP contribution in [0.5, 0.6) is 0 Å². The van der Waals surface area contributed by atoms with Gasteiger partial charge in [0.2, 0.25) is 0 Å². The molecule has 76 valence electrons. The first-order valence-corrected chi connectivity index (χ1v) is 5.60. The summed E-state index contributed by atoms with van der Waals surface area (Å²) in [7, 11) is 0. The second-order valence-electron chi connectivity index (χ2n) is 3.64. The summed E-state index contributed by atoms with van der Waals surface area (Å²) in [6.07, 6.45) is 4.35. The quantitative estimate of drug-likeness (QED) is 0.853. The third kappa shape index (κ3) is 2.25. The molecule has 0 aromatic carbocycles. The summed E-state index contributed by atoms with van der Waals surface area (Å²) in [4.78, 5) is 4.23. The van der Waals surface area contributed by atoms with Crippen molar-refractivity contribution in [1.82, 2.24) is 4.98 Å². The highest BCUT2D eigenvalue weighted by molar-refractivity contribution is 9.10. The molecule has 2 N–H and O–H groups in total. The Labute approximate surface area is 91.7 Å². The standard InChI is InChI=1S/C10H13BrN2O/c11-9-2-1-5-12-10(9)13-7-3-4-8(14)6-7/h1-2,5,7-8,14H,3-4,6H2,(H,12,13)/t7-,8+/m0/s1. The van der Waals surface area contributed by atoms with Crippen molar-refractivity contribution in [2.45, 2.75) is 31.4 Å². The van der Waals surface area contributed by atoms with E-state index in [9.17, 15) is 5.11 Å². The van der Waals surface area contributed by atoms with Crippen LogP contribution < -0.4 is 5.32 Å². The predicted molar refractivity (Wildman–Crippen MR) is 59.2 cm³/mol. The van der Waals surface area contributed by atoms with Crippen molar-refractivity contribution in [3.8, 4) is 0 Å². The molecule has 0 unspecified atom stereocenters. The van der Waals surface area contributed by atoms with Gasteiger partial charge in [0, 0.05) is 12.2 Å². The number of aliphatic hydroxyl groups is 1. The topological polar surface area (TPSA) is 45.1 Å². The van der Waals surface area contributed by atoms with Crippen LogP contribution in [0.4, 0.5) is 5.82 Å². The number of nitrogens with one attached hydrogen (secondary N) is 1. The van der Waals surface area contributed by atoms with Gasteiger partial charge in [0.1, 0.15) is 5.82 Å². The minimum atomic E-state index is -0.144. The molecule has 1 aromatic rings. The van der Waals surface area contributed by atoms with Crippen LogP contribution in [0.1, 0.15) is 19.3 Å². The van der Waals surface area contributed by atoms with Gasteiger partial charge >= 0.3 is 0 Å². The molecule has 2 atom stereocenters. The van der Waals surface area contributed by atoms with Crippen molar-refractivity contribution in [1.29, 1.82) is 0 Å². The van der Waals surface area contributed by atoms with E-state index in [1.165, 1.54) is 0 Å². The molecule has 4 heteroatoms. The minimum absolute atomic E-state index is 0.144. The Hall–Kier alpha value is -0.610. The van der Waals surface area contributed by atoms with Gasteiger partial charge in [0.25, 0.3) is 0 Å². The number of rotatable bonds is 2. The number of halogens is 1. The summed E-state index contributed by atoms with van der Waals surface area (Å²) < 4.78 is 0.974. The van der Waals surface area contributed by atoms with Crippen molar-refractivity contribution in [2.24, 2.45) is 0 Å². The fourth-order valence-electron chi connectivity index (χ4n) is 1.77. The minimum Gasteiger partial charge on any atom is -0.393 e. The Kier molecular flexibility index (Phi) is 3.03. The molecular weight excluding hydrogens is 244 g/mol. The molecule has 2 rings (SSSR count). The molecule has 1 fully saturated rings. The highest BCUT2D eigenvalue weighted by Crippen LogP contribution is 2.25. The average Bonchev–Trinajstić information content (AvgIpc) is 2.56. The van der Waals surface area contributed by atoms with Crippen LogP contribution in [0.2, 0.25) is 0 Å². The normalized spacial score (nSPS) is 26.4. The van der Waals surface area contributed by atoms with Gasteiger partial charge in [0.05, 0.1) is 10.6 Å². The van der Waals surface area contributed by atoms with Crippen molar-refractivity contribution in [3.63, 3.8) is 0 Å². The largest absolute Gasteiger partial charge is 0.393 e. The van der Waals surface area contributed by atoms with Gasteiger partial charge in [0.15, 0.2) is 0 Å². The molecule has 1 aliphatic rings. The molecule has 1 aromatic heterocycles. The van der Waals surface area contributed by atoms with Crippen LogP contribution in [0, 0.1) is 0 Å². The Bertz CT molecular complexity index is 319. The van der Waals surface area contributed by atoms with Crippen LogP contribution in [0.25, 0.3) is 0 Å². The molecule has 0 saturated heterocycles. The number of hydrogen-bond acceptors (Lipinski definition) is 3. The second-order valence-corrected chi connectivity index (χ2v) is 4.50. The maximum absolute atomic E-state index is 9.37. The number of aliphatic hydroxyl groups excluding tert-OH is 1. The number of aromatic nitrogens is 1. The van der Waals surface area contributed by atoms with E-state index >= 15 is 0 Å². The number of nitrogens with zero attached hydrogens (tertiary/aromatic N) is 1. The summed E-state index contributed by atoms with van der Waals surface area (Å²) in [6, 6.07) is 4.20. The number of pyridine rings is 1. The van der Waals surface area contributed by atoms with Gasteiger partial charge < -0.3 is 10.4 Å². The summed E-state index contributed by atoms with van der Waals surface area (Å²) in [6.45, 7) is 0. The van der Waals surface area contributed by atoms with Crippen LogP contribution in [0.15, 0.2) is 22.8 Å². The first-order chi connectivity index (χ1) is 6.75. The molecule has 1 saturated carbocycles. The zero-order chi connectivity index (χ0) is 9.97. The van der Waals surface area contributed by atoms with Crippen molar-refractivity contribution < 1.29 is 5.11 Å². The van der Waals surface area contributed by atoms with Gasteiger partial charge in [-0.1, -0.05) is 0 Å². The van der Waals surface area contributed by atoms with Crippen LogP contribution in [-0.2, 0) is 0 Å². The van der Waals surface area contributed by atoms with Crippen molar-refractivity contribution in [3.05, 3.63) is 22.8 Å².